The highest BCUT2D eigenvalue weighted by Gasteiger charge is 2.39. The van der Waals surface area contributed by atoms with Crippen LogP contribution in [0.25, 0.3) is 0 Å². The number of rotatable bonds is 3. The fourth-order valence-corrected chi connectivity index (χ4v) is 3.22. The Morgan fingerprint density at radius 1 is 1.28 bits per heavy atom. The molecule has 0 spiro atoms. The number of ether oxygens (including phenoxy) is 1. The monoisotopic (exact) mass is 245 g/mol. The summed E-state index contributed by atoms with van der Waals surface area (Å²) in [5, 5.41) is 0. The summed E-state index contributed by atoms with van der Waals surface area (Å²) in [5.74, 6) is 1.06. The first-order valence-corrected chi connectivity index (χ1v) is 7.10. The highest BCUT2D eigenvalue weighted by atomic mass is 16.5. The first kappa shape index (κ1) is 12.0. The van der Waals surface area contributed by atoms with Crippen LogP contribution in [-0.4, -0.2) is 12.6 Å². The molecule has 18 heavy (non-hydrogen) atoms. The lowest BCUT2D eigenvalue weighted by atomic mass is 9.84. The first-order valence-electron chi connectivity index (χ1n) is 7.10. The normalized spacial score (nSPS) is 20.4. The summed E-state index contributed by atoms with van der Waals surface area (Å²) < 4.78 is 5.61. The molecule has 3 rings (SSSR count). The van der Waals surface area contributed by atoms with Crippen LogP contribution in [0.2, 0.25) is 0 Å². The highest BCUT2D eigenvalue weighted by molar-refractivity contribution is 5.51. The molecule has 0 atom stereocenters. The number of nitrogens with two attached hydrogens (primary N) is 1. The van der Waals surface area contributed by atoms with E-state index in [1.165, 1.54) is 42.4 Å². The number of fused-ring (bicyclic) bond motifs is 1. The Kier molecular flexibility index (Phi) is 2.86. The lowest BCUT2D eigenvalue weighted by molar-refractivity contribution is 0.405. The molecule has 0 saturated heterocycles. The minimum atomic E-state index is 0.0565. The Morgan fingerprint density at radius 3 is 2.67 bits per heavy atom. The molecular formula is C16H23NO. The molecule has 2 aliphatic carbocycles. The smallest absolute Gasteiger partial charge is 0.122 e. The molecule has 0 bridgehead atoms. The van der Waals surface area contributed by atoms with E-state index in [1.807, 2.05) is 0 Å². The maximum Gasteiger partial charge on any atom is 0.122 e. The van der Waals surface area contributed by atoms with Gasteiger partial charge in [0.05, 0.1) is 7.11 Å². The van der Waals surface area contributed by atoms with Gasteiger partial charge in [-0.3, -0.25) is 0 Å². The van der Waals surface area contributed by atoms with Gasteiger partial charge in [-0.2, -0.15) is 0 Å². The second-order valence-corrected chi connectivity index (χ2v) is 6.07. The maximum atomic E-state index is 6.29. The van der Waals surface area contributed by atoms with Crippen LogP contribution in [-0.2, 0) is 19.3 Å². The van der Waals surface area contributed by atoms with Crippen molar-refractivity contribution in [2.75, 3.05) is 7.11 Å². The molecular weight excluding hydrogens is 222 g/mol. The van der Waals surface area contributed by atoms with Gasteiger partial charge in [-0.05, 0) is 80.2 Å². The zero-order valence-corrected chi connectivity index (χ0v) is 11.5. The molecule has 1 saturated carbocycles. The molecule has 2 nitrogen and oxygen atoms in total. The molecule has 98 valence electrons. The number of methoxy groups -OCH3 is 1. The van der Waals surface area contributed by atoms with Crippen molar-refractivity contribution in [1.29, 1.82) is 0 Å². The highest BCUT2D eigenvalue weighted by Crippen LogP contribution is 2.41. The Bertz CT molecular complexity index is 474. The predicted octanol–water partition coefficient (Wildman–Crippen LogP) is 2.92. The van der Waals surface area contributed by atoms with Crippen LogP contribution in [0.4, 0.5) is 0 Å². The summed E-state index contributed by atoms with van der Waals surface area (Å²) >= 11 is 0. The Hall–Kier alpha value is -1.02. The van der Waals surface area contributed by atoms with E-state index < -0.39 is 0 Å². The van der Waals surface area contributed by atoms with Crippen molar-refractivity contribution >= 4 is 0 Å². The molecule has 0 radical (unpaired) electrons. The van der Waals surface area contributed by atoms with Crippen LogP contribution in [0.1, 0.15) is 47.9 Å². The fraction of sp³-hybridized carbons (Fsp3) is 0.625. The van der Waals surface area contributed by atoms with Gasteiger partial charge >= 0.3 is 0 Å². The van der Waals surface area contributed by atoms with Crippen LogP contribution in [0.15, 0.2) is 6.07 Å². The van der Waals surface area contributed by atoms with Crippen molar-refractivity contribution in [1.82, 2.24) is 0 Å². The van der Waals surface area contributed by atoms with Crippen LogP contribution in [0.3, 0.4) is 0 Å². The zero-order chi connectivity index (χ0) is 12.8. The van der Waals surface area contributed by atoms with Crippen molar-refractivity contribution in [3.63, 3.8) is 0 Å². The molecule has 1 aromatic rings. The van der Waals surface area contributed by atoms with Gasteiger partial charge in [0.25, 0.3) is 0 Å². The summed E-state index contributed by atoms with van der Waals surface area (Å²) in [6.07, 6.45) is 8.38. The first-order chi connectivity index (χ1) is 8.63. The summed E-state index contributed by atoms with van der Waals surface area (Å²) in [6, 6.07) is 2.27. The second kappa shape index (κ2) is 4.27. The topological polar surface area (TPSA) is 35.2 Å². The third-order valence-electron chi connectivity index (χ3n) is 4.66. The van der Waals surface area contributed by atoms with Gasteiger partial charge in [0.15, 0.2) is 0 Å². The third-order valence-corrected chi connectivity index (χ3v) is 4.66. The van der Waals surface area contributed by atoms with Crippen LogP contribution < -0.4 is 10.5 Å². The molecule has 0 aliphatic heterocycles. The Morgan fingerprint density at radius 2 is 2.00 bits per heavy atom. The molecule has 0 heterocycles. The van der Waals surface area contributed by atoms with Crippen LogP contribution in [0, 0.1) is 6.92 Å². The Labute approximate surface area is 110 Å². The van der Waals surface area contributed by atoms with Crippen molar-refractivity contribution in [2.24, 2.45) is 5.73 Å². The number of hydrogen-bond donors (Lipinski definition) is 1. The third kappa shape index (κ3) is 2.03. The van der Waals surface area contributed by atoms with E-state index in [0.717, 1.165) is 25.0 Å². The summed E-state index contributed by atoms with van der Waals surface area (Å²) in [7, 11) is 1.78. The largest absolute Gasteiger partial charge is 0.496 e. The molecule has 1 aromatic carbocycles. The van der Waals surface area contributed by atoms with Crippen molar-refractivity contribution in [3.05, 3.63) is 28.3 Å². The molecule has 2 N–H and O–H groups in total. The number of hydrogen-bond acceptors (Lipinski definition) is 2. The van der Waals surface area contributed by atoms with Gasteiger partial charge in [0, 0.05) is 5.54 Å². The summed E-state index contributed by atoms with van der Waals surface area (Å²) in [4.78, 5) is 0. The van der Waals surface area contributed by atoms with E-state index in [4.69, 9.17) is 10.5 Å². The average molecular weight is 245 g/mol. The van der Waals surface area contributed by atoms with Gasteiger partial charge < -0.3 is 10.5 Å². The van der Waals surface area contributed by atoms with E-state index in [2.05, 4.69) is 13.0 Å². The lowest BCUT2D eigenvalue weighted by Gasteiger charge is -2.24. The van der Waals surface area contributed by atoms with E-state index >= 15 is 0 Å². The molecule has 0 amide bonds. The minimum Gasteiger partial charge on any atom is -0.496 e. The lowest BCUT2D eigenvalue weighted by Crippen LogP contribution is -2.25. The van der Waals surface area contributed by atoms with Crippen LogP contribution >= 0.6 is 0 Å². The molecule has 2 aliphatic rings. The molecule has 0 aromatic heterocycles. The maximum absolute atomic E-state index is 6.29. The van der Waals surface area contributed by atoms with E-state index in [0.29, 0.717) is 0 Å². The van der Waals surface area contributed by atoms with Gasteiger partial charge in [-0.1, -0.05) is 0 Å². The zero-order valence-electron chi connectivity index (χ0n) is 11.5. The van der Waals surface area contributed by atoms with E-state index in [-0.39, 0.29) is 5.54 Å². The SMILES string of the molecule is COc1cc2c(c(C)c1CC1(N)CC1)CCCC2. The number of aryl methyl sites for hydroxylation is 1. The van der Waals surface area contributed by atoms with Crippen LogP contribution in [0.5, 0.6) is 5.75 Å². The van der Waals surface area contributed by atoms with Crippen molar-refractivity contribution in [2.45, 2.75) is 57.4 Å². The van der Waals surface area contributed by atoms with E-state index in [9.17, 15) is 0 Å². The standard InChI is InChI=1S/C16H23NO/c1-11-13-6-4-3-5-12(13)9-15(18-2)14(11)10-16(17)7-8-16/h9H,3-8,10,17H2,1-2H3. The van der Waals surface area contributed by atoms with Gasteiger partial charge in [-0.25, -0.2) is 0 Å². The minimum absolute atomic E-state index is 0.0565. The summed E-state index contributed by atoms with van der Waals surface area (Å²) in [6.45, 7) is 2.26. The van der Waals surface area contributed by atoms with Gasteiger partial charge in [0.2, 0.25) is 0 Å². The Balaban J connectivity index is 2.04. The second-order valence-electron chi connectivity index (χ2n) is 6.07. The number of benzene rings is 1. The van der Waals surface area contributed by atoms with Gasteiger partial charge in [-0.15, -0.1) is 0 Å². The van der Waals surface area contributed by atoms with Crippen molar-refractivity contribution < 1.29 is 4.74 Å². The molecule has 2 heteroatoms. The summed E-state index contributed by atoms with van der Waals surface area (Å²) in [5.41, 5.74) is 12.2. The average Bonchev–Trinajstić information content (AvgIpc) is 3.11. The quantitative estimate of drug-likeness (QED) is 0.888. The molecule has 0 unspecified atom stereocenters. The molecule has 1 fully saturated rings. The van der Waals surface area contributed by atoms with Crippen molar-refractivity contribution in [3.8, 4) is 5.75 Å². The van der Waals surface area contributed by atoms with Gasteiger partial charge in [0.1, 0.15) is 5.75 Å². The van der Waals surface area contributed by atoms with E-state index in [1.54, 1.807) is 12.7 Å². The predicted molar refractivity (Wildman–Crippen MR) is 74.2 cm³/mol. The fourth-order valence-electron chi connectivity index (χ4n) is 3.22.